The van der Waals surface area contributed by atoms with Gasteiger partial charge in [0.2, 0.25) is 0 Å². The van der Waals surface area contributed by atoms with Crippen LogP contribution in [0.2, 0.25) is 5.02 Å². The number of amides is 1. The lowest BCUT2D eigenvalue weighted by Gasteiger charge is -2.07. The third kappa shape index (κ3) is 4.96. The quantitative estimate of drug-likeness (QED) is 0.422. The maximum Gasteiger partial charge on any atom is 0.272 e. The second-order valence-corrected chi connectivity index (χ2v) is 7.10. The normalized spacial score (nSPS) is 10.9. The molecule has 3 aromatic rings. The molecule has 0 aliphatic rings. The van der Waals surface area contributed by atoms with Crippen molar-refractivity contribution in [3.8, 4) is 5.75 Å². The summed E-state index contributed by atoms with van der Waals surface area (Å²) in [7, 11) is 0. The summed E-state index contributed by atoms with van der Waals surface area (Å²) in [5, 5.41) is 14.7. The molecule has 3 rings (SSSR count). The van der Waals surface area contributed by atoms with E-state index in [4.69, 9.17) is 11.6 Å². The van der Waals surface area contributed by atoms with Crippen LogP contribution < -0.4 is 5.43 Å². The number of nitrogens with zero attached hydrogens (tertiary/aromatic N) is 1. The van der Waals surface area contributed by atoms with Crippen LogP contribution in [0.5, 0.6) is 5.75 Å². The predicted octanol–water partition coefficient (Wildman–Crippen LogP) is 5.16. The van der Waals surface area contributed by atoms with Crippen molar-refractivity contribution in [2.75, 3.05) is 0 Å². The fourth-order valence-electron chi connectivity index (χ4n) is 2.55. The van der Waals surface area contributed by atoms with Gasteiger partial charge < -0.3 is 5.11 Å². The highest BCUT2D eigenvalue weighted by Gasteiger charge is 2.08. The Morgan fingerprint density at radius 1 is 1.11 bits per heavy atom. The average Bonchev–Trinajstić information content (AvgIpc) is 2.66. The molecular formula is C21H16BrClN2O2. The Kier molecular flexibility index (Phi) is 6.27. The third-order valence-electron chi connectivity index (χ3n) is 3.93. The van der Waals surface area contributed by atoms with E-state index in [1.807, 2.05) is 42.5 Å². The molecule has 4 nitrogen and oxygen atoms in total. The number of rotatable bonds is 5. The van der Waals surface area contributed by atoms with E-state index in [1.54, 1.807) is 24.3 Å². The summed E-state index contributed by atoms with van der Waals surface area (Å²) in [6, 6.07) is 19.9. The van der Waals surface area contributed by atoms with Crippen molar-refractivity contribution in [2.24, 2.45) is 5.10 Å². The molecule has 136 valence electrons. The number of nitrogens with one attached hydrogen (secondary N) is 1. The van der Waals surface area contributed by atoms with Gasteiger partial charge in [0.1, 0.15) is 5.75 Å². The zero-order chi connectivity index (χ0) is 19.2. The summed E-state index contributed by atoms with van der Waals surface area (Å²) in [5.74, 6) is -0.262. The second kappa shape index (κ2) is 8.84. The van der Waals surface area contributed by atoms with Gasteiger partial charge in [-0.2, -0.15) is 5.10 Å². The van der Waals surface area contributed by atoms with Crippen LogP contribution in [-0.2, 0) is 6.42 Å². The van der Waals surface area contributed by atoms with Crippen molar-refractivity contribution in [3.05, 3.63) is 98.5 Å². The van der Waals surface area contributed by atoms with Crippen LogP contribution >= 0.6 is 27.5 Å². The molecule has 0 aliphatic carbocycles. The maximum atomic E-state index is 12.2. The molecule has 0 radical (unpaired) electrons. The molecule has 6 heteroatoms. The first-order valence-corrected chi connectivity index (χ1v) is 9.35. The standard InChI is InChI=1S/C21H16BrClN2O2/c22-18-7-3-2-6-17(18)21(27)25-24-13-16-12-14(9-10-20(16)26)11-15-5-1-4-8-19(15)23/h1-10,12-13,26H,11H2,(H,25,27)/b24-13+. The number of hydrogen-bond acceptors (Lipinski definition) is 3. The molecule has 0 saturated carbocycles. The largest absolute Gasteiger partial charge is 0.507 e. The van der Waals surface area contributed by atoms with Gasteiger partial charge in [0.25, 0.3) is 5.91 Å². The number of benzene rings is 3. The number of aromatic hydroxyl groups is 1. The molecular weight excluding hydrogens is 428 g/mol. The molecule has 0 bridgehead atoms. The minimum absolute atomic E-state index is 0.0804. The average molecular weight is 444 g/mol. The fourth-order valence-corrected chi connectivity index (χ4v) is 3.21. The van der Waals surface area contributed by atoms with Crippen LogP contribution in [0.25, 0.3) is 0 Å². The highest BCUT2D eigenvalue weighted by molar-refractivity contribution is 9.10. The topological polar surface area (TPSA) is 61.7 Å². The molecule has 1 amide bonds. The number of carbonyl (C=O) groups is 1. The predicted molar refractivity (Wildman–Crippen MR) is 112 cm³/mol. The number of carbonyl (C=O) groups excluding carboxylic acids is 1. The van der Waals surface area contributed by atoms with E-state index >= 15 is 0 Å². The van der Waals surface area contributed by atoms with Crippen LogP contribution in [0.3, 0.4) is 0 Å². The molecule has 0 saturated heterocycles. The lowest BCUT2D eigenvalue weighted by atomic mass is 10.0. The Morgan fingerprint density at radius 3 is 2.63 bits per heavy atom. The third-order valence-corrected chi connectivity index (χ3v) is 4.99. The van der Waals surface area contributed by atoms with E-state index < -0.39 is 0 Å². The first-order chi connectivity index (χ1) is 13.0. The van der Waals surface area contributed by atoms with E-state index in [9.17, 15) is 9.90 Å². The second-order valence-electron chi connectivity index (χ2n) is 5.84. The zero-order valence-corrected chi connectivity index (χ0v) is 16.5. The minimum Gasteiger partial charge on any atom is -0.507 e. The Hall–Kier alpha value is -2.63. The molecule has 0 aromatic heterocycles. The molecule has 2 N–H and O–H groups in total. The Bertz CT molecular complexity index is 1000. The summed E-state index contributed by atoms with van der Waals surface area (Å²) in [5.41, 5.74) is 5.41. The Balaban J connectivity index is 1.73. The summed E-state index contributed by atoms with van der Waals surface area (Å²) in [6.07, 6.45) is 2.05. The van der Waals surface area contributed by atoms with Crippen molar-refractivity contribution >= 4 is 39.7 Å². The Morgan fingerprint density at radius 2 is 1.85 bits per heavy atom. The maximum absolute atomic E-state index is 12.2. The fraction of sp³-hybridized carbons (Fsp3) is 0.0476. The van der Waals surface area contributed by atoms with E-state index in [2.05, 4.69) is 26.5 Å². The number of phenolic OH excluding ortho intramolecular Hbond substituents is 1. The van der Waals surface area contributed by atoms with Gasteiger partial charge in [-0.3, -0.25) is 4.79 Å². The first kappa shape index (κ1) is 19.1. The van der Waals surface area contributed by atoms with E-state index in [0.717, 1.165) is 11.1 Å². The van der Waals surface area contributed by atoms with Gasteiger partial charge >= 0.3 is 0 Å². The molecule has 0 unspecified atom stereocenters. The van der Waals surface area contributed by atoms with Crippen molar-refractivity contribution in [3.63, 3.8) is 0 Å². The van der Waals surface area contributed by atoms with E-state index in [-0.39, 0.29) is 11.7 Å². The molecule has 0 spiro atoms. The van der Waals surface area contributed by atoms with Crippen molar-refractivity contribution in [1.82, 2.24) is 5.43 Å². The van der Waals surface area contributed by atoms with Crippen LogP contribution in [-0.4, -0.2) is 17.2 Å². The summed E-state index contributed by atoms with van der Waals surface area (Å²) in [6.45, 7) is 0. The molecule has 0 heterocycles. The summed E-state index contributed by atoms with van der Waals surface area (Å²) in [4.78, 5) is 12.2. The first-order valence-electron chi connectivity index (χ1n) is 8.18. The van der Waals surface area contributed by atoms with Crippen LogP contribution in [0.1, 0.15) is 27.0 Å². The molecule has 0 fully saturated rings. The van der Waals surface area contributed by atoms with Crippen LogP contribution in [0, 0.1) is 0 Å². The van der Waals surface area contributed by atoms with Crippen molar-refractivity contribution < 1.29 is 9.90 Å². The van der Waals surface area contributed by atoms with Gasteiger partial charge in [-0.1, -0.05) is 48.0 Å². The van der Waals surface area contributed by atoms with E-state index in [0.29, 0.717) is 27.0 Å². The monoisotopic (exact) mass is 442 g/mol. The highest BCUT2D eigenvalue weighted by atomic mass is 79.9. The van der Waals surface area contributed by atoms with Gasteiger partial charge in [0, 0.05) is 15.1 Å². The molecule has 0 aliphatic heterocycles. The lowest BCUT2D eigenvalue weighted by molar-refractivity contribution is 0.0954. The zero-order valence-electron chi connectivity index (χ0n) is 14.2. The number of phenols is 1. The van der Waals surface area contributed by atoms with Gasteiger partial charge in [0.15, 0.2) is 0 Å². The van der Waals surface area contributed by atoms with Gasteiger partial charge in [0.05, 0.1) is 11.8 Å². The van der Waals surface area contributed by atoms with Crippen LogP contribution in [0.15, 0.2) is 76.3 Å². The molecule has 3 aromatic carbocycles. The number of halogens is 2. The van der Waals surface area contributed by atoms with Crippen molar-refractivity contribution in [2.45, 2.75) is 6.42 Å². The minimum atomic E-state index is -0.342. The Labute approximate surface area is 170 Å². The smallest absolute Gasteiger partial charge is 0.272 e. The summed E-state index contributed by atoms with van der Waals surface area (Å²) < 4.78 is 0.683. The lowest BCUT2D eigenvalue weighted by Crippen LogP contribution is -2.18. The molecule has 0 atom stereocenters. The SMILES string of the molecule is O=C(N/N=C/c1cc(Cc2ccccc2Cl)ccc1O)c1ccccc1Br. The number of hydrogen-bond donors (Lipinski definition) is 2. The van der Waals surface area contributed by atoms with E-state index in [1.165, 1.54) is 6.21 Å². The highest BCUT2D eigenvalue weighted by Crippen LogP contribution is 2.22. The molecule has 27 heavy (non-hydrogen) atoms. The number of hydrazone groups is 1. The van der Waals surface area contributed by atoms with Crippen molar-refractivity contribution in [1.29, 1.82) is 0 Å². The van der Waals surface area contributed by atoms with Gasteiger partial charge in [-0.05, 0) is 63.8 Å². The van der Waals surface area contributed by atoms with Gasteiger partial charge in [-0.15, -0.1) is 0 Å². The van der Waals surface area contributed by atoms with Crippen LogP contribution in [0.4, 0.5) is 0 Å². The van der Waals surface area contributed by atoms with Gasteiger partial charge in [-0.25, -0.2) is 5.43 Å². The summed E-state index contributed by atoms with van der Waals surface area (Å²) >= 11 is 9.54.